The highest BCUT2D eigenvalue weighted by Crippen LogP contribution is 2.28. The smallest absolute Gasteiger partial charge is 0.139 e. The number of aliphatic hydroxyl groups excluding tert-OH is 2. The Bertz CT molecular complexity index is 445. The Morgan fingerprint density at radius 3 is 2.71 bits per heavy atom. The minimum absolute atomic E-state index is 0.319. The van der Waals surface area contributed by atoms with Crippen molar-refractivity contribution in [1.82, 2.24) is 0 Å². The summed E-state index contributed by atoms with van der Waals surface area (Å²) >= 11 is 0. The molecule has 2 rings (SSSR count). The third-order valence-corrected chi connectivity index (χ3v) is 2.36. The number of rotatable bonds is 2. The van der Waals surface area contributed by atoms with Gasteiger partial charge in [-0.3, -0.25) is 0 Å². The van der Waals surface area contributed by atoms with Gasteiger partial charge >= 0.3 is 0 Å². The number of fused-ring (bicyclic) bond motifs is 1. The van der Waals surface area contributed by atoms with E-state index >= 15 is 0 Å². The molecule has 3 nitrogen and oxygen atoms in total. The molecule has 1 atom stereocenters. The molecule has 0 aliphatic carbocycles. The van der Waals surface area contributed by atoms with Crippen LogP contribution in [0.3, 0.4) is 0 Å². The number of hydrogen-bond acceptors (Lipinski definition) is 3. The lowest BCUT2D eigenvalue weighted by Gasteiger charge is -2.03. The molecule has 14 heavy (non-hydrogen) atoms. The quantitative estimate of drug-likeness (QED) is 0.762. The maximum atomic E-state index is 9.47. The molecule has 2 aromatic rings. The van der Waals surface area contributed by atoms with E-state index in [0.717, 1.165) is 16.5 Å². The Balaban J connectivity index is 2.62. The molecule has 0 saturated heterocycles. The van der Waals surface area contributed by atoms with E-state index in [2.05, 4.69) is 0 Å². The lowest BCUT2D eigenvalue weighted by Crippen LogP contribution is -2.02. The predicted molar refractivity (Wildman–Crippen MR) is 53.0 cm³/mol. The van der Waals surface area contributed by atoms with E-state index in [-0.39, 0.29) is 6.61 Å². The monoisotopic (exact) mass is 192 g/mol. The van der Waals surface area contributed by atoms with Crippen LogP contribution in [0, 0.1) is 6.92 Å². The maximum Gasteiger partial charge on any atom is 0.139 e. The summed E-state index contributed by atoms with van der Waals surface area (Å²) in [6.07, 6.45) is -0.928. The Hall–Kier alpha value is -1.32. The highest BCUT2D eigenvalue weighted by Gasteiger charge is 2.16. The van der Waals surface area contributed by atoms with Crippen molar-refractivity contribution in [2.75, 3.05) is 6.61 Å². The van der Waals surface area contributed by atoms with Gasteiger partial charge in [-0.2, -0.15) is 0 Å². The predicted octanol–water partition coefficient (Wildman–Crippen LogP) is 1.77. The van der Waals surface area contributed by atoms with Gasteiger partial charge in [0.2, 0.25) is 0 Å². The maximum absolute atomic E-state index is 9.47. The minimum atomic E-state index is -0.928. The van der Waals surface area contributed by atoms with E-state index in [1.165, 1.54) is 0 Å². The van der Waals surface area contributed by atoms with Crippen molar-refractivity contribution in [3.05, 3.63) is 35.6 Å². The van der Waals surface area contributed by atoms with Gasteiger partial charge in [-0.15, -0.1) is 0 Å². The van der Waals surface area contributed by atoms with Crippen molar-refractivity contribution in [2.24, 2.45) is 0 Å². The fourth-order valence-corrected chi connectivity index (χ4v) is 1.59. The summed E-state index contributed by atoms with van der Waals surface area (Å²) in [6, 6.07) is 7.57. The molecule has 74 valence electrons. The molecule has 0 radical (unpaired) electrons. The summed E-state index contributed by atoms with van der Waals surface area (Å²) in [5.74, 6) is 0.453. The van der Waals surface area contributed by atoms with Gasteiger partial charge in [0.15, 0.2) is 0 Å². The molecule has 0 spiro atoms. The Kier molecular flexibility index (Phi) is 2.27. The van der Waals surface area contributed by atoms with Crippen molar-refractivity contribution in [3.8, 4) is 0 Å². The highest BCUT2D eigenvalue weighted by molar-refractivity contribution is 5.81. The van der Waals surface area contributed by atoms with E-state index in [9.17, 15) is 5.11 Å². The van der Waals surface area contributed by atoms with Crippen LogP contribution < -0.4 is 0 Å². The molecule has 1 heterocycles. The van der Waals surface area contributed by atoms with Crippen LogP contribution in [-0.2, 0) is 0 Å². The number of benzene rings is 1. The molecule has 1 aromatic heterocycles. The summed E-state index contributed by atoms with van der Waals surface area (Å²) in [7, 11) is 0. The first-order valence-corrected chi connectivity index (χ1v) is 4.51. The van der Waals surface area contributed by atoms with Crippen LogP contribution in [0.2, 0.25) is 0 Å². The summed E-state index contributed by atoms with van der Waals surface area (Å²) in [5.41, 5.74) is 1.63. The Morgan fingerprint density at radius 2 is 2.07 bits per heavy atom. The lowest BCUT2D eigenvalue weighted by atomic mass is 10.1. The number of aryl methyl sites for hydroxylation is 1. The van der Waals surface area contributed by atoms with Crippen molar-refractivity contribution >= 4 is 11.0 Å². The van der Waals surface area contributed by atoms with Crippen molar-refractivity contribution in [3.63, 3.8) is 0 Å². The zero-order valence-corrected chi connectivity index (χ0v) is 7.90. The highest BCUT2D eigenvalue weighted by atomic mass is 16.4. The van der Waals surface area contributed by atoms with Crippen molar-refractivity contribution < 1.29 is 14.6 Å². The van der Waals surface area contributed by atoms with Crippen molar-refractivity contribution in [2.45, 2.75) is 13.0 Å². The van der Waals surface area contributed by atoms with Gasteiger partial charge in [0, 0.05) is 10.9 Å². The molecule has 0 fully saturated rings. The average molecular weight is 192 g/mol. The molecule has 0 aliphatic rings. The molecule has 1 unspecified atom stereocenters. The third-order valence-electron chi connectivity index (χ3n) is 2.36. The standard InChI is InChI=1S/C11H12O3/c1-7-8-4-2-3-5-10(8)14-11(7)9(13)6-12/h2-5,9,12-13H,6H2,1H3. The number of aliphatic hydroxyl groups is 2. The molecular formula is C11H12O3. The molecular weight excluding hydrogens is 180 g/mol. The van der Waals surface area contributed by atoms with Crippen molar-refractivity contribution in [1.29, 1.82) is 0 Å². The summed E-state index contributed by atoms with van der Waals surface area (Å²) in [6.45, 7) is 1.56. The average Bonchev–Trinajstić information content (AvgIpc) is 2.56. The first kappa shape index (κ1) is 9.24. The number of hydrogen-bond donors (Lipinski definition) is 2. The van der Waals surface area contributed by atoms with Crippen LogP contribution in [0.15, 0.2) is 28.7 Å². The van der Waals surface area contributed by atoms with Gasteiger partial charge in [-0.05, 0) is 13.0 Å². The van der Waals surface area contributed by atoms with Gasteiger partial charge < -0.3 is 14.6 Å². The zero-order valence-electron chi connectivity index (χ0n) is 7.90. The van der Waals surface area contributed by atoms with E-state index in [1.54, 1.807) is 0 Å². The summed E-state index contributed by atoms with van der Waals surface area (Å²) in [5, 5.41) is 19.3. The summed E-state index contributed by atoms with van der Waals surface area (Å²) in [4.78, 5) is 0. The molecule has 0 bridgehead atoms. The van der Waals surface area contributed by atoms with E-state index in [0.29, 0.717) is 5.76 Å². The number of para-hydroxylation sites is 1. The van der Waals surface area contributed by atoms with Gasteiger partial charge in [0.1, 0.15) is 17.4 Å². The van der Waals surface area contributed by atoms with Crippen LogP contribution in [-0.4, -0.2) is 16.8 Å². The Labute approximate surface area is 81.6 Å². The molecule has 1 aromatic carbocycles. The van der Waals surface area contributed by atoms with E-state index in [4.69, 9.17) is 9.52 Å². The molecule has 0 saturated carbocycles. The van der Waals surface area contributed by atoms with Crippen LogP contribution in [0.4, 0.5) is 0 Å². The number of furan rings is 1. The molecule has 0 amide bonds. The second-order valence-electron chi connectivity index (χ2n) is 3.29. The first-order valence-electron chi connectivity index (χ1n) is 4.51. The molecule has 2 N–H and O–H groups in total. The normalized spacial score (nSPS) is 13.4. The van der Waals surface area contributed by atoms with Gasteiger partial charge in [-0.25, -0.2) is 0 Å². The largest absolute Gasteiger partial charge is 0.458 e. The second kappa shape index (κ2) is 3.44. The third kappa shape index (κ3) is 1.31. The zero-order chi connectivity index (χ0) is 10.1. The first-order chi connectivity index (χ1) is 6.74. The van der Waals surface area contributed by atoms with Crippen LogP contribution in [0.5, 0.6) is 0 Å². The van der Waals surface area contributed by atoms with Crippen LogP contribution in [0.1, 0.15) is 17.4 Å². The molecule has 0 aliphatic heterocycles. The van der Waals surface area contributed by atoms with Gasteiger partial charge in [-0.1, -0.05) is 18.2 Å². The summed E-state index contributed by atoms with van der Waals surface area (Å²) < 4.78 is 5.44. The van der Waals surface area contributed by atoms with E-state index < -0.39 is 6.10 Å². The SMILES string of the molecule is Cc1c(C(O)CO)oc2ccccc12. The minimum Gasteiger partial charge on any atom is -0.458 e. The van der Waals surface area contributed by atoms with Crippen LogP contribution >= 0.6 is 0 Å². The molecule has 3 heteroatoms. The fraction of sp³-hybridized carbons (Fsp3) is 0.273. The van der Waals surface area contributed by atoms with Gasteiger partial charge in [0.05, 0.1) is 6.61 Å². The fourth-order valence-electron chi connectivity index (χ4n) is 1.59. The lowest BCUT2D eigenvalue weighted by molar-refractivity contribution is 0.0783. The Morgan fingerprint density at radius 1 is 1.36 bits per heavy atom. The van der Waals surface area contributed by atoms with Gasteiger partial charge in [0.25, 0.3) is 0 Å². The van der Waals surface area contributed by atoms with Crippen LogP contribution in [0.25, 0.3) is 11.0 Å². The second-order valence-corrected chi connectivity index (χ2v) is 3.29. The van der Waals surface area contributed by atoms with E-state index in [1.807, 2.05) is 31.2 Å². The topological polar surface area (TPSA) is 53.6 Å².